The number of benzene rings is 1. The van der Waals surface area contributed by atoms with Crippen LogP contribution >= 0.6 is 0 Å². The zero-order chi connectivity index (χ0) is 18.5. The Bertz CT molecular complexity index is 792. The third kappa shape index (κ3) is 4.61. The molecule has 2 aromatic rings. The van der Waals surface area contributed by atoms with Crippen molar-refractivity contribution in [3.05, 3.63) is 41.3 Å². The summed E-state index contributed by atoms with van der Waals surface area (Å²) in [5.41, 5.74) is 2.69. The van der Waals surface area contributed by atoms with Crippen molar-refractivity contribution in [1.29, 1.82) is 0 Å². The topological polar surface area (TPSA) is 63.4 Å². The van der Waals surface area contributed by atoms with Crippen LogP contribution in [0.1, 0.15) is 42.7 Å². The number of oxazole rings is 1. The van der Waals surface area contributed by atoms with Crippen LogP contribution in [0.4, 0.5) is 0 Å². The summed E-state index contributed by atoms with van der Waals surface area (Å²) in [5.74, 6) is 1.52. The van der Waals surface area contributed by atoms with Crippen LogP contribution in [0.5, 0.6) is 0 Å². The van der Waals surface area contributed by atoms with Crippen molar-refractivity contribution >= 4 is 16.7 Å². The van der Waals surface area contributed by atoms with E-state index in [1.165, 1.54) is 12.8 Å². The van der Waals surface area contributed by atoms with Crippen LogP contribution in [0.2, 0.25) is 0 Å². The Hall–Kier alpha value is -1.95. The number of likely N-dealkylation sites (tertiary alicyclic amines) is 1. The van der Waals surface area contributed by atoms with Crippen molar-refractivity contribution in [2.45, 2.75) is 45.3 Å². The molecule has 0 N–H and O–H groups in total. The lowest BCUT2D eigenvalue weighted by Gasteiger charge is -2.19. The van der Waals surface area contributed by atoms with Crippen molar-refractivity contribution in [3.8, 4) is 11.5 Å². The molecule has 0 saturated carbocycles. The quantitative estimate of drug-likeness (QED) is 0.802. The third-order valence-electron chi connectivity index (χ3n) is 4.81. The highest BCUT2D eigenvalue weighted by Crippen LogP contribution is 2.25. The molecule has 2 heterocycles. The predicted octanol–water partition coefficient (Wildman–Crippen LogP) is 3.61. The molecule has 1 atom stereocenters. The number of aryl methyl sites for hydroxylation is 2. The summed E-state index contributed by atoms with van der Waals surface area (Å²) in [5, 5.41) is 0. The summed E-state index contributed by atoms with van der Waals surface area (Å²) < 4.78 is 18.3. The van der Waals surface area contributed by atoms with E-state index in [0.29, 0.717) is 17.3 Å². The van der Waals surface area contributed by atoms with Gasteiger partial charge in [-0.05, 0) is 38.3 Å². The van der Waals surface area contributed by atoms with E-state index in [1.807, 2.05) is 43.0 Å². The number of carbonyl (C=O) groups is 1. The normalized spacial score (nSPS) is 16.3. The van der Waals surface area contributed by atoms with Crippen molar-refractivity contribution in [2.24, 2.45) is 0 Å². The van der Waals surface area contributed by atoms with Gasteiger partial charge in [0.05, 0.1) is 11.4 Å². The van der Waals surface area contributed by atoms with Crippen molar-refractivity contribution in [1.82, 2.24) is 9.88 Å². The third-order valence-corrected chi connectivity index (χ3v) is 5.97. The predicted molar refractivity (Wildman–Crippen MR) is 103 cm³/mol. The van der Waals surface area contributed by atoms with Gasteiger partial charge in [-0.25, -0.2) is 4.98 Å². The Balaban J connectivity index is 1.64. The molecule has 0 aliphatic carbocycles. The molecule has 0 spiro atoms. The average molecular weight is 375 g/mol. The summed E-state index contributed by atoms with van der Waals surface area (Å²) in [4.78, 5) is 18.8. The molecule has 26 heavy (non-hydrogen) atoms. The molecule has 0 radical (unpaired) electrons. The average Bonchev–Trinajstić information content (AvgIpc) is 2.82. The molecule has 0 bridgehead atoms. The SMILES string of the molecule is Cc1ccccc1-c1nc(CS(=O)CC(=O)N2CCCCCC2)c(C)o1. The van der Waals surface area contributed by atoms with Gasteiger partial charge in [-0.1, -0.05) is 31.0 Å². The van der Waals surface area contributed by atoms with Gasteiger partial charge < -0.3 is 9.32 Å². The molecule has 140 valence electrons. The largest absolute Gasteiger partial charge is 0.441 e. The van der Waals surface area contributed by atoms with E-state index in [-0.39, 0.29) is 17.4 Å². The maximum atomic E-state index is 12.5. The number of amides is 1. The Labute approximate surface area is 157 Å². The van der Waals surface area contributed by atoms with E-state index in [2.05, 4.69) is 4.98 Å². The maximum absolute atomic E-state index is 12.5. The lowest BCUT2D eigenvalue weighted by atomic mass is 10.1. The minimum atomic E-state index is -1.28. The van der Waals surface area contributed by atoms with Gasteiger partial charge in [-0.15, -0.1) is 0 Å². The lowest BCUT2D eigenvalue weighted by molar-refractivity contribution is -0.128. The summed E-state index contributed by atoms with van der Waals surface area (Å²) in [7, 11) is -1.28. The molecule has 1 aromatic carbocycles. The number of carbonyl (C=O) groups excluding carboxylic acids is 1. The molecule has 3 rings (SSSR count). The zero-order valence-electron chi connectivity index (χ0n) is 15.5. The fourth-order valence-electron chi connectivity index (χ4n) is 3.24. The Morgan fingerprint density at radius 1 is 1.15 bits per heavy atom. The molecule has 1 unspecified atom stereocenters. The molecule has 1 aliphatic rings. The lowest BCUT2D eigenvalue weighted by Crippen LogP contribution is -2.35. The van der Waals surface area contributed by atoms with E-state index in [9.17, 15) is 9.00 Å². The second kappa shape index (κ2) is 8.62. The second-order valence-electron chi connectivity index (χ2n) is 6.86. The fraction of sp³-hybridized carbons (Fsp3) is 0.500. The molecule has 6 heteroatoms. The van der Waals surface area contributed by atoms with Gasteiger partial charge in [-0.2, -0.15) is 0 Å². The first-order chi connectivity index (χ1) is 12.5. The Morgan fingerprint density at radius 3 is 2.54 bits per heavy atom. The smallest absolute Gasteiger partial charge is 0.235 e. The number of nitrogens with zero attached hydrogens (tertiary/aromatic N) is 2. The minimum Gasteiger partial charge on any atom is -0.441 e. The first-order valence-electron chi connectivity index (χ1n) is 9.19. The maximum Gasteiger partial charge on any atom is 0.235 e. The molecule has 1 saturated heterocycles. The summed E-state index contributed by atoms with van der Waals surface area (Å²) >= 11 is 0. The highest BCUT2D eigenvalue weighted by molar-refractivity contribution is 7.84. The molecular weight excluding hydrogens is 348 g/mol. The van der Waals surface area contributed by atoms with E-state index in [4.69, 9.17) is 4.42 Å². The molecule has 1 fully saturated rings. The van der Waals surface area contributed by atoms with Crippen LogP contribution in [0.15, 0.2) is 28.7 Å². The molecule has 1 aromatic heterocycles. The van der Waals surface area contributed by atoms with E-state index < -0.39 is 10.8 Å². The highest BCUT2D eigenvalue weighted by Gasteiger charge is 2.20. The first-order valence-corrected chi connectivity index (χ1v) is 10.7. The van der Waals surface area contributed by atoms with Crippen LogP contribution in [0.25, 0.3) is 11.5 Å². The minimum absolute atomic E-state index is 0.00879. The number of aromatic nitrogens is 1. The van der Waals surface area contributed by atoms with Gasteiger partial charge in [0.25, 0.3) is 0 Å². The van der Waals surface area contributed by atoms with E-state index >= 15 is 0 Å². The Kier molecular flexibility index (Phi) is 6.25. The number of hydrogen-bond acceptors (Lipinski definition) is 4. The fourth-order valence-corrected chi connectivity index (χ4v) is 4.38. The van der Waals surface area contributed by atoms with Gasteiger partial charge in [0, 0.05) is 29.5 Å². The van der Waals surface area contributed by atoms with Crippen LogP contribution < -0.4 is 0 Å². The number of rotatable bonds is 5. The Morgan fingerprint density at radius 2 is 1.85 bits per heavy atom. The van der Waals surface area contributed by atoms with Crippen LogP contribution in [-0.4, -0.2) is 38.8 Å². The van der Waals surface area contributed by atoms with Crippen molar-refractivity contribution < 1.29 is 13.4 Å². The summed E-state index contributed by atoms with van der Waals surface area (Å²) in [6.07, 6.45) is 4.43. The molecule has 1 amide bonds. The summed E-state index contributed by atoms with van der Waals surface area (Å²) in [6, 6.07) is 7.88. The highest BCUT2D eigenvalue weighted by atomic mass is 32.2. The van der Waals surface area contributed by atoms with Gasteiger partial charge in [0.15, 0.2) is 0 Å². The molecular formula is C20H26N2O3S. The van der Waals surface area contributed by atoms with Gasteiger partial charge in [0.1, 0.15) is 11.5 Å². The van der Waals surface area contributed by atoms with E-state index in [1.54, 1.807) is 0 Å². The van der Waals surface area contributed by atoms with Gasteiger partial charge >= 0.3 is 0 Å². The van der Waals surface area contributed by atoms with Gasteiger partial charge in [-0.3, -0.25) is 9.00 Å². The first kappa shape index (κ1) is 18.8. The second-order valence-corrected chi connectivity index (χ2v) is 8.32. The summed E-state index contributed by atoms with van der Waals surface area (Å²) in [6.45, 7) is 5.41. The molecule has 1 aliphatic heterocycles. The number of hydrogen-bond donors (Lipinski definition) is 0. The molecule has 5 nitrogen and oxygen atoms in total. The van der Waals surface area contributed by atoms with Crippen LogP contribution in [0, 0.1) is 13.8 Å². The van der Waals surface area contributed by atoms with E-state index in [0.717, 1.165) is 37.1 Å². The monoisotopic (exact) mass is 374 g/mol. The van der Waals surface area contributed by atoms with Crippen molar-refractivity contribution in [3.63, 3.8) is 0 Å². The van der Waals surface area contributed by atoms with Gasteiger partial charge in [0.2, 0.25) is 11.8 Å². The van der Waals surface area contributed by atoms with Crippen molar-refractivity contribution in [2.75, 3.05) is 18.8 Å². The van der Waals surface area contributed by atoms with Crippen LogP contribution in [-0.2, 0) is 21.3 Å². The van der Waals surface area contributed by atoms with Crippen LogP contribution in [0.3, 0.4) is 0 Å². The zero-order valence-corrected chi connectivity index (χ0v) is 16.3. The standard InChI is InChI=1S/C20H26N2O3S/c1-15-9-5-6-10-17(15)20-21-18(16(2)25-20)13-26(24)14-19(23)22-11-7-3-4-8-12-22/h5-6,9-10H,3-4,7-8,11-14H2,1-2H3.